The van der Waals surface area contributed by atoms with Gasteiger partial charge in [-0.2, -0.15) is 23.4 Å². The first-order chi connectivity index (χ1) is 19.7. The summed E-state index contributed by atoms with van der Waals surface area (Å²) in [6.45, 7) is 3.63. The number of rotatable bonds is 10. The molecule has 0 bridgehead atoms. The van der Waals surface area contributed by atoms with E-state index in [1.54, 1.807) is 18.5 Å². The molecule has 3 heterocycles. The highest BCUT2D eigenvalue weighted by Crippen LogP contribution is 2.45. The third-order valence-corrected chi connectivity index (χ3v) is 7.95. The summed E-state index contributed by atoms with van der Waals surface area (Å²) in [7, 11) is 0. The van der Waals surface area contributed by atoms with Gasteiger partial charge < -0.3 is 11.1 Å². The molecule has 0 unspecified atom stereocenters. The van der Waals surface area contributed by atoms with Crippen molar-refractivity contribution < 1.29 is 31.5 Å². The molecule has 0 aromatic carbocycles. The van der Waals surface area contributed by atoms with Crippen LogP contribution in [0, 0.1) is 11.8 Å². The lowest BCUT2D eigenvalue weighted by atomic mass is 9.77. The smallest absolute Gasteiger partial charge is 0.363 e. The van der Waals surface area contributed by atoms with E-state index in [4.69, 9.17) is 10.7 Å². The second-order valence-electron chi connectivity index (χ2n) is 11.6. The van der Waals surface area contributed by atoms with Crippen LogP contribution < -0.4 is 11.1 Å². The van der Waals surface area contributed by atoms with Crippen LogP contribution in [0.1, 0.15) is 111 Å². The van der Waals surface area contributed by atoms with Gasteiger partial charge in [0, 0.05) is 25.3 Å². The molecule has 5 rings (SSSR count). The number of hydrogen-bond acceptors (Lipinski definition) is 6. The second kappa shape index (κ2) is 11.2. The molecule has 0 radical (unpaired) electrons. The van der Waals surface area contributed by atoms with E-state index in [-0.39, 0.29) is 55.2 Å². The molecule has 15 heteroatoms. The van der Waals surface area contributed by atoms with Crippen LogP contribution in [0.2, 0.25) is 0 Å². The first kappa shape index (κ1) is 29.8. The highest BCUT2D eigenvalue weighted by molar-refractivity contribution is 5.89. The number of nitrogens with two attached hydrogens (primary N) is 1. The Balaban J connectivity index is 1.48. The first-order valence-corrected chi connectivity index (χ1v) is 14.1. The van der Waals surface area contributed by atoms with Gasteiger partial charge in [0.15, 0.2) is 11.5 Å². The Labute approximate surface area is 238 Å². The fourth-order valence-corrected chi connectivity index (χ4v) is 5.61. The largest absolute Gasteiger partial charge is 0.389 e. The number of fused-ring (bicyclic) bond motifs is 1. The average Bonchev–Trinajstić information content (AvgIpc) is 3.50. The van der Waals surface area contributed by atoms with Gasteiger partial charge in [-0.3, -0.25) is 9.59 Å². The number of carbonyl (C=O) groups is 2. The molecule has 2 atom stereocenters. The lowest BCUT2D eigenvalue weighted by Gasteiger charge is -2.31. The quantitative estimate of drug-likeness (QED) is 0.321. The summed E-state index contributed by atoms with van der Waals surface area (Å²) < 4.78 is 68.9. The Morgan fingerprint density at radius 2 is 1.81 bits per heavy atom. The lowest BCUT2D eigenvalue weighted by Crippen LogP contribution is -2.30. The molecule has 3 N–H and O–H groups in total. The topological polar surface area (TPSA) is 133 Å². The fourth-order valence-electron chi connectivity index (χ4n) is 5.61. The standard InChI is InChI=1S/C27H33F5N8O2/c1-14(2)40-25(23(33)42)37-24(38-40)21(15-5-8-26(28,29)9-6-15)18-13-39-19(35-18)11-17(12-34-39)22(16-3-4-16)36-20(41)7-10-27(30,31)32/h11-16,21-22H,3-10H2,1-2H3,(H2,33,42)(H,36,41)/t21-,22+/m0/s1. The van der Waals surface area contributed by atoms with E-state index in [1.165, 1.54) is 9.20 Å². The maximum Gasteiger partial charge on any atom is 0.389 e. The van der Waals surface area contributed by atoms with E-state index >= 15 is 0 Å². The summed E-state index contributed by atoms with van der Waals surface area (Å²) in [5.41, 5.74) is 7.04. The maximum absolute atomic E-state index is 14.1. The maximum atomic E-state index is 14.1. The zero-order valence-corrected chi connectivity index (χ0v) is 23.2. The van der Waals surface area contributed by atoms with Gasteiger partial charge in [-0.25, -0.2) is 27.9 Å². The van der Waals surface area contributed by atoms with Gasteiger partial charge in [0.05, 0.1) is 36.5 Å². The zero-order chi connectivity index (χ0) is 30.4. The van der Waals surface area contributed by atoms with Gasteiger partial charge in [0.1, 0.15) is 0 Å². The minimum atomic E-state index is -4.43. The molecule has 2 aliphatic rings. The Morgan fingerprint density at radius 3 is 2.38 bits per heavy atom. The SMILES string of the molecule is CC(C)n1nc([C@H](c2cn3ncc([C@H](NC(=O)CCC(F)(F)F)C4CC4)cc3n2)C2CCC(F)(F)CC2)nc1C(N)=O. The molecule has 0 spiro atoms. The highest BCUT2D eigenvalue weighted by Gasteiger charge is 2.41. The minimum absolute atomic E-state index is 0.0381. The van der Waals surface area contributed by atoms with E-state index in [9.17, 15) is 31.5 Å². The summed E-state index contributed by atoms with van der Waals surface area (Å²) in [6, 6.07) is 0.965. The molecule has 42 heavy (non-hydrogen) atoms. The number of carbonyl (C=O) groups excluding carboxylic acids is 2. The molecule has 2 saturated carbocycles. The van der Waals surface area contributed by atoms with Crippen molar-refractivity contribution in [3.63, 3.8) is 0 Å². The van der Waals surface area contributed by atoms with Crippen LogP contribution in [-0.4, -0.2) is 53.3 Å². The summed E-state index contributed by atoms with van der Waals surface area (Å²) in [5.74, 6) is -4.84. The monoisotopic (exact) mass is 596 g/mol. The van der Waals surface area contributed by atoms with Crippen LogP contribution in [0.4, 0.5) is 22.0 Å². The van der Waals surface area contributed by atoms with Crippen LogP contribution in [-0.2, 0) is 4.79 Å². The summed E-state index contributed by atoms with van der Waals surface area (Å²) in [6.07, 6.45) is -1.68. The van der Waals surface area contributed by atoms with Crippen molar-refractivity contribution in [1.29, 1.82) is 0 Å². The van der Waals surface area contributed by atoms with E-state index in [2.05, 4.69) is 20.5 Å². The van der Waals surface area contributed by atoms with E-state index in [1.807, 2.05) is 13.8 Å². The second-order valence-corrected chi connectivity index (χ2v) is 11.6. The summed E-state index contributed by atoms with van der Waals surface area (Å²) in [5, 5.41) is 11.7. The predicted octanol–water partition coefficient (Wildman–Crippen LogP) is 4.87. The molecule has 2 aliphatic carbocycles. The highest BCUT2D eigenvalue weighted by atomic mass is 19.4. The van der Waals surface area contributed by atoms with Gasteiger partial charge in [-0.15, -0.1) is 0 Å². The van der Waals surface area contributed by atoms with Gasteiger partial charge in [-0.05, 0) is 63.0 Å². The van der Waals surface area contributed by atoms with Crippen molar-refractivity contribution in [2.24, 2.45) is 17.6 Å². The molecule has 10 nitrogen and oxygen atoms in total. The van der Waals surface area contributed by atoms with Crippen molar-refractivity contribution in [3.05, 3.63) is 41.4 Å². The number of halogens is 5. The summed E-state index contributed by atoms with van der Waals surface area (Å²) >= 11 is 0. The third-order valence-electron chi connectivity index (χ3n) is 7.95. The molecule has 2 fully saturated rings. The Kier molecular flexibility index (Phi) is 7.96. The Morgan fingerprint density at radius 1 is 1.12 bits per heavy atom. The number of imidazole rings is 1. The van der Waals surface area contributed by atoms with Gasteiger partial charge >= 0.3 is 6.18 Å². The molecular formula is C27H33F5N8O2. The van der Waals surface area contributed by atoms with Gasteiger partial charge in [0.2, 0.25) is 17.7 Å². The molecule has 0 aliphatic heterocycles. The molecule has 0 saturated heterocycles. The fraction of sp³-hybridized carbons (Fsp3) is 0.630. The number of nitrogens with zero attached hydrogens (tertiary/aromatic N) is 6. The molecule has 3 aromatic rings. The summed E-state index contributed by atoms with van der Waals surface area (Å²) in [4.78, 5) is 33.6. The van der Waals surface area contributed by atoms with Crippen molar-refractivity contribution in [1.82, 2.24) is 34.7 Å². The minimum Gasteiger partial charge on any atom is -0.363 e. The number of hydrogen-bond donors (Lipinski definition) is 2. The number of nitrogens with one attached hydrogen (secondary N) is 1. The number of amides is 2. The van der Waals surface area contributed by atoms with Gasteiger partial charge in [0.25, 0.3) is 5.91 Å². The average molecular weight is 597 g/mol. The molecule has 3 aromatic heterocycles. The zero-order valence-electron chi connectivity index (χ0n) is 23.2. The van der Waals surface area contributed by atoms with Gasteiger partial charge in [-0.1, -0.05) is 0 Å². The third kappa shape index (κ3) is 6.70. The van der Waals surface area contributed by atoms with Crippen LogP contribution in [0.5, 0.6) is 0 Å². The van der Waals surface area contributed by atoms with E-state index in [0.717, 1.165) is 12.8 Å². The molecule has 228 valence electrons. The van der Waals surface area contributed by atoms with Crippen LogP contribution >= 0.6 is 0 Å². The normalized spacial score (nSPS) is 19.2. The van der Waals surface area contributed by atoms with Crippen LogP contribution in [0.25, 0.3) is 5.65 Å². The van der Waals surface area contributed by atoms with Crippen molar-refractivity contribution in [2.45, 2.75) is 95.3 Å². The van der Waals surface area contributed by atoms with Crippen LogP contribution in [0.3, 0.4) is 0 Å². The van der Waals surface area contributed by atoms with E-state index in [0.29, 0.717) is 16.9 Å². The lowest BCUT2D eigenvalue weighted by molar-refractivity contribution is -0.144. The number of alkyl halides is 5. The molecule has 2 amide bonds. The molecular weight excluding hydrogens is 563 g/mol. The number of primary amides is 1. The van der Waals surface area contributed by atoms with E-state index < -0.39 is 48.7 Å². The van der Waals surface area contributed by atoms with Crippen molar-refractivity contribution >= 4 is 17.5 Å². The Bertz CT molecular complexity index is 1450. The van der Waals surface area contributed by atoms with Crippen LogP contribution in [0.15, 0.2) is 18.5 Å². The number of aromatic nitrogens is 6. The predicted molar refractivity (Wildman–Crippen MR) is 140 cm³/mol. The van der Waals surface area contributed by atoms with Crippen molar-refractivity contribution in [2.75, 3.05) is 0 Å². The first-order valence-electron chi connectivity index (χ1n) is 14.1. The van der Waals surface area contributed by atoms with Crippen molar-refractivity contribution in [3.8, 4) is 0 Å². The Hall–Kier alpha value is -3.65.